The molecule has 0 saturated carbocycles. The van der Waals surface area contributed by atoms with Crippen LogP contribution in [0.2, 0.25) is 5.02 Å². The summed E-state index contributed by atoms with van der Waals surface area (Å²) in [6.07, 6.45) is 1.34. The van der Waals surface area contributed by atoms with Crippen LogP contribution in [-0.2, 0) is 0 Å². The Morgan fingerprint density at radius 2 is 1.89 bits per heavy atom. The molecule has 2 heterocycles. The van der Waals surface area contributed by atoms with Gasteiger partial charge in [0.2, 0.25) is 0 Å². The number of H-pyrrole nitrogens is 1. The Labute approximate surface area is 169 Å². The number of fused-ring (bicyclic) bond motifs is 1. The number of para-hydroxylation sites is 1. The van der Waals surface area contributed by atoms with E-state index < -0.39 is 5.91 Å². The maximum atomic E-state index is 12.6. The Morgan fingerprint density at radius 3 is 2.64 bits per heavy atom. The van der Waals surface area contributed by atoms with Gasteiger partial charge < -0.3 is 0 Å². The summed E-state index contributed by atoms with van der Waals surface area (Å²) in [6, 6.07) is 16.7. The molecule has 8 heteroatoms. The Bertz CT molecular complexity index is 1250. The zero-order chi connectivity index (χ0) is 19.7. The Morgan fingerprint density at radius 1 is 1.18 bits per heavy atom. The molecule has 0 radical (unpaired) electrons. The molecule has 0 spiro atoms. The van der Waals surface area contributed by atoms with E-state index in [-0.39, 0.29) is 5.56 Å². The van der Waals surface area contributed by atoms with E-state index in [1.807, 2.05) is 54.6 Å². The molecule has 0 aliphatic rings. The number of aryl methyl sites for hydroxylation is 1. The van der Waals surface area contributed by atoms with Gasteiger partial charge in [0.05, 0.1) is 22.5 Å². The van der Waals surface area contributed by atoms with Crippen LogP contribution >= 0.6 is 22.9 Å². The topological polar surface area (TPSA) is 79.2 Å². The van der Waals surface area contributed by atoms with Crippen LogP contribution in [0.25, 0.3) is 15.8 Å². The van der Waals surface area contributed by atoms with Crippen molar-refractivity contribution >= 4 is 45.1 Å². The minimum atomic E-state index is -0.418. The van der Waals surface area contributed by atoms with Gasteiger partial charge in [0.1, 0.15) is 4.88 Å². The number of halogens is 1. The second-order valence-electron chi connectivity index (χ2n) is 6.07. The van der Waals surface area contributed by atoms with E-state index in [0.29, 0.717) is 21.2 Å². The Hall–Kier alpha value is -3.16. The predicted molar refractivity (Wildman–Crippen MR) is 113 cm³/mol. The minimum Gasteiger partial charge on any atom is -0.295 e. The number of aromatic nitrogens is 2. The van der Waals surface area contributed by atoms with Crippen molar-refractivity contribution in [1.29, 1.82) is 0 Å². The second-order valence-corrected chi connectivity index (χ2v) is 7.50. The molecule has 0 aliphatic carbocycles. The van der Waals surface area contributed by atoms with Gasteiger partial charge in [-0.2, -0.15) is 5.10 Å². The van der Waals surface area contributed by atoms with Crippen molar-refractivity contribution in [2.45, 2.75) is 6.92 Å². The van der Waals surface area contributed by atoms with Crippen LogP contribution in [0, 0.1) is 6.92 Å². The summed E-state index contributed by atoms with van der Waals surface area (Å²) in [5.74, 6) is -0.418. The largest absolute Gasteiger partial charge is 0.295 e. The smallest absolute Gasteiger partial charge is 0.283 e. The lowest BCUT2D eigenvalue weighted by molar-refractivity contribution is 0.0959. The molecular formula is C20H15ClN4O2S. The van der Waals surface area contributed by atoms with Crippen LogP contribution in [0.15, 0.2) is 64.5 Å². The molecule has 4 aromatic rings. The molecule has 4 rings (SSSR count). The monoisotopic (exact) mass is 410 g/mol. The summed E-state index contributed by atoms with van der Waals surface area (Å²) in [4.78, 5) is 25.4. The second kappa shape index (κ2) is 7.46. The molecule has 2 aromatic heterocycles. The molecule has 0 atom stereocenters. The number of nitrogens with zero attached hydrogens (tertiary/aromatic N) is 2. The van der Waals surface area contributed by atoms with Crippen LogP contribution in [0.5, 0.6) is 0 Å². The molecule has 0 aliphatic heterocycles. The first kappa shape index (κ1) is 18.2. The van der Waals surface area contributed by atoms with Crippen molar-refractivity contribution in [3.05, 3.63) is 86.1 Å². The van der Waals surface area contributed by atoms with E-state index in [1.165, 1.54) is 22.2 Å². The maximum Gasteiger partial charge on any atom is 0.283 e. The molecule has 140 valence electrons. The lowest BCUT2D eigenvalue weighted by Gasteiger charge is -1.99. The van der Waals surface area contributed by atoms with E-state index in [9.17, 15) is 9.59 Å². The van der Waals surface area contributed by atoms with Crippen molar-refractivity contribution in [2.75, 3.05) is 0 Å². The van der Waals surface area contributed by atoms with Crippen LogP contribution in [-0.4, -0.2) is 21.9 Å². The fourth-order valence-electron chi connectivity index (χ4n) is 2.84. The summed E-state index contributed by atoms with van der Waals surface area (Å²) < 4.78 is 2.36. The van der Waals surface area contributed by atoms with Gasteiger partial charge in [-0.15, -0.1) is 11.3 Å². The average Bonchev–Trinajstić information content (AvgIpc) is 3.20. The van der Waals surface area contributed by atoms with Crippen LogP contribution in [0.3, 0.4) is 0 Å². The number of thiophene rings is 1. The predicted octanol–water partition coefficient (Wildman–Crippen LogP) is 4.11. The van der Waals surface area contributed by atoms with E-state index in [1.54, 1.807) is 6.92 Å². The molecule has 0 saturated heterocycles. The lowest BCUT2D eigenvalue weighted by Crippen LogP contribution is -2.19. The number of hydrazone groups is 1. The molecule has 1 amide bonds. The zero-order valence-electron chi connectivity index (χ0n) is 14.8. The lowest BCUT2D eigenvalue weighted by atomic mass is 10.2. The quantitative estimate of drug-likeness (QED) is 0.392. The molecule has 6 nitrogen and oxygen atoms in total. The minimum absolute atomic E-state index is 0.249. The normalized spacial score (nSPS) is 11.4. The van der Waals surface area contributed by atoms with Crippen LogP contribution in [0.1, 0.15) is 20.9 Å². The highest BCUT2D eigenvalue weighted by Crippen LogP contribution is 2.34. The summed E-state index contributed by atoms with van der Waals surface area (Å²) >= 11 is 7.60. The number of aromatic amines is 1. The number of nitrogens with one attached hydrogen (secondary N) is 2. The van der Waals surface area contributed by atoms with Crippen molar-refractivity contribution < 1.29 is 4.79 Å². The first-order valence-electron chi connectivity index (χ1n) is 8.43. The number of amides is 1. The summed E-state index contributed by atoms with van der Waals surface area (Å²) in [5.41, 5.74) is 3.93. The van der Waals surface area contributed by atoms with Crippen LogP contribution in [0.4, 0.5) is 0 Å². The molecule has 0 fully saturated rings. The summed E-state index contributed by atoms with van der Waals surface area (Å²) in [6.45, 7) is 1.77. The average molecular weight is 411 g/mol. The highest BCUT2D eigenvalue weighted by Gasteiger charge is 2.16. The van der Waals surface area contributed by atoms with Crippen molar-refractivity contribution in [3.8, 4) is 5.69 Å². The molecule has 2 N–H and O–H groups in total. The van der Waals surface area contributed by atoms with Crippen molar-refractivity contribution in [2.24, 2.45) is 5.10 Å². The van der Waals surface area contributed by atoms with Crippen LogP contribution < -0.4 is 11.0 Å². The first-order valence-corrected chi connectivity index (χ1v) is 9.63. The Balaban J connectivity index is 1.57. The fourth-order valence-corrected chi connectivity index (χ4v) is 4.24. The van der Waals surface area contributed by atoms with Gasteiger partial charge >= 0.3 is 0 Å². The molecule has 28 heavy (non-hydrogen) atoms. The number of hydrogen-bond donors (Lipinski definition) is 2. The highest BCUT2D eigenvalue weighted by molar-refractivity contribution is 7.21. The third kappa shape index (κ3) is 3.26. The maximum absolute atomic E-state index is 12.6. The van der Waals surface area contributed by atoms with Gasteiger partial charge in [-0.1, -0.05) is 48.0 Å². The number of rotatable bonds is 4. The van der Waals surface area contributed by atoms with E-state index >= 15 is 0 Å². The van der Waals surface area contributed by atoms with E-state index in [2.05, 4.69) is 15.6 Å². The number of carbonyl (C=O) groups excluding carboxylic acids is 1. The highest BCUT2D eigenvalue weighted by atomic mass is 35.5. The zero-order valence-corrected chi connectivity index (χ0v) is 16.3. The van der Waals surface area contributed by atoms with Gasteiger partial charge in [0.15, 0.2) is 0 Å². The summed E-state index contributed by atoms with van der Waals surface area (Å²) in [5, 5.41) is 8.18. The van der Waals surface area contributed by atoms with Gasteiger partial charge in [0.25, 0.3) is 11.5 Å². The third-order valence-electron chi connectivity index (χ3n) is 4.23. The standard InChI is InChI=1S/C20H15ClN4O2S/c1-12-15(20(27)25(24-12)13-7-3-2-4-8-13)11-22-23-19(26)18-17(21)14-9-5-6-10-16(14)28-18/h2-11,24H,1H3,(H,23,26). The van der Waals surface area contributed by atoms with E-state index in [0.717, 1.165) is 15.8 Å². The summed E-state index contributed by atoms with van der Waals surface area (Å²) in [7, 11) is 0. The number of carbonyl (C=O) groups is 1. The van der Waals surface area contributed by atoms with Gasteiger partial charge in [-0.3, -0.25) is 14.7 Å². The number of benzene rings is 2. The van der Waals surface area contributed by atoms with Gasteiger partial charge in [0, 0.05) is 15.8 Å². The molecule has 0 bridgehead atoms. The molecular weight excluding hydrogens is 396 g/mol. The van der Waals surface area contributed by atoms with Gasteiger partial charge in [-0.05, 0) is 25.1 Å². The third-order valence-corrected chi connectivity index (χ3v) is 5.91. The van der Waals surface area contributed by atoms with E-state index in [4.69, 9.17) is 11.6 Å². The fraction of sp³-hybridized carbons (Fsp3) is 0.0500. The van der Waals surface area contributed by atoms with Crippen molar-refractivity contribution in [1.82, 2.24) is 15.2 Å². The SMILES string of the molecule is Cc1[nH]n(-c2ccccc2)c(=O)c1C=NNC(=O)c1sc2ccccc2c1Cl. The Kier molecular flexibility index (Phi) is 4.85. The molecule has 2 aromatic carbocycles. The van der Waals surface area contributed by atoms with Crippen molar-refractivity contribution in [3.63, 3.8) is 0 Å². The number of hydrogen-bond acceptors (Lipinski definition) is 4. The van der Waals surface area contributed by atoms with Gasteiger partial charge in [-0.25, -0.2) is 10.1 Å². The first-order chi connectivity index (χ1) is 13.6. The molecule has 0 unspecified atom stereocenters.